The predicted octanol–water partition coefficient (Wildman–Crippen LogP) is -0.702. The van der Waals surface area contributed by atoms with Crippen molar-refractivity contribution >= 4 is 11.9 Å². The molecule has 1 unspecified atom stereocenters. The van der Waals surface area contributed by atoms with E-state index in [9.17, 15) is 14.7 Å². The molecule has 19 heavy (non-hydrogen) atoms. The standard InChI is InChI=1S/C12H24N2O5/c1-8(13)3-5-18-11(16)7-10(15)12(17)19-6-4-9(2)14/h8-10,15H,3-7,13-14H2,1-2H3/t8-,9-,10?/m1/s1. The van der Waals surface area contributed by atoms with Gasteiger partial charge in [0.05, 0.1) is 19.6 Å². The van der Waals surface area contributed by atoms with Gasteiger partial charge in [0.2, 0.25) is 0 Å². The first-order chi connectivity index (χ1) is 8.82. The number of carbonyl (C=O) groups is 2. The van der Waals surface area contributed by atoms with Crippen molar-refractivity contribution in [3.63, 3.8) is 0 Å². The van der Waals surface area contributed by atoms with Crippen LogP contribution in [0.1, 0.15) is 33.1 Å². The number of nitrogens with two attached hydrogens (primary N) is 2. The van der Waals surface area contributed by atoms with Crippen LogP contribution in [0.4, 0.5) is 0 Å². The highest BCUT2D eigenvalue weighted by Crippen LogP contribution is 2.00. The molecular weight excluding hydrogens is 252 g/mol. The van der Waals surface area contributed by atoms with E-state index in [-0.39, 0.29) is 25.3 Å². The Labute approximate surface area is 113 Å². The zero-order valence-electron chi connectivity index (χ0n) is 11.5. The fourth-order valence-corrected chi connectivity index (χ4v) is 1.10. The van der Waals surface area contributed by atoms with Gasteiger partial charge in [0.25, 0.3) is 0 Å². The van der Waals surface area contributed by atoms with E-state index in [0.29, 0.717) is 12.8 Å². The Morgan fingerprint density at radius 2 is 1.53 bits per heavy atom. The first kappa shape index (κ1) is 17.8. The van der Waals surface area contributed by atoms with Gasteiger partial charge >= 0.3 is 11.9 Å². The van der Waals surface area contributed by atoms with Crippen LogP contribution in [0.5, 0.6) is 0 Å². The SMILES string of the molecule is C[C@@H](N)CCOC(=O)CC(O)C(=O)OCC[C@@H](C)N. The van der Waals surface area contributed by atoms with Crippen molar-refractivity contribution in [1.82, 2.24) is 0 Å². The number of ether oxygens (including phenoxy) is 2. The maximum absolute atomic E-state index is 11.3. The first-order valence-corrected chi connectivity index (χ1v) is 6.34. The largest absolute Gasteiger partial charge is 0.466 e. The highest BCUT2D eigenvalue weighted by atomic mass is 16.6. The normalized spacial score (nSPS) is 15.4. The third-order valence-electron chi connectivity index (χ3n) is 2.29. The molecule has 5 N–H and O–H groups in total. The summed E-state index contributed by atoms with van der Waals surface area (Å²) in [4.78, 5) is 22.6. The van der Waals surface area contributed by atoms with Gasteiger partial charge in [-0.1, -0.05) is 0 Å². The van der Waals surface area contributed by atoms with Crippen molar-refractivity contribution in [2.45, 2.75) is 51.3 Å². The first-order valence-electron chi connectivity index (χ1n) is 6.34. The summed E-state index contributed by atoms with van der Waals surface area (Å²) in [5.41, 5.74) is 11.0. The molecule has 0 saturated carbocycles. The Balaban J connectivity index is 3.78. The zero-order chi connectivity index (χ0) is 14.8. The lowest BCUT2D eigenvalue weighted by Crippen LogP contribution is -2.29. The van der Waals surface area contributed by atoms with Crippen LogP contribution in [0.3, 0.4) is 0 Å². The van der Waals surface area contributed by atoms with Gasteiger partial charge in [-0.15, -0.1) is 0 Å². The molecule has 0 aliphatic carbocycles. The molecule has 0 aromatic rings. The highest BCUT2D eigenvalue weighted by molar-refractivity contribution is 5.81. The summed E-state index contributed by atoms with van der Waals surface area (Å²) in [5.74, 6) is -1.50. The van der Waals surface area contributed by atoms with E-state index in [1.807, 2.05) is 0 Å². The molecule has 0 saturated heterocycles. The molecule has 0 aliphatic heterocycles. The lowest BCUT2D eigenvalue weighted by atomic mass is 10.2. The summed E-state index contributed by atoms with van der Waals surface area (Å²) >= 11 is 0. The molecule has 0 spiro atoms. The number of hydrogen-bond acceptors (Lipinski definition) is 7. The van der Waals surface area contributed by atoms with Crippen molar-refractivity contribution in [3.8, 4) is 0 Å². The summed E-state index contributed by atoms with van der Waals surface area (Å²) in [6.07, 6.45) is -0.899. The Hall–Kier alpha value is -1.18. The Morgan fingerprint density at radius 1 is 1.05 bits per heavy atom. The predicted molar refractivity (Wildman–Crippen MR) is 69.1 cm³/mol. The van der Waals surface area contributed by atoms with Crippen LogP contribution in [0, 0.1) is 0 Å². The highest BCUT2D eigenvalue weighted by Gasteiger charge is 2.21. The van der Waals surface area contributed by atoms with Crippen LogP contribution < -0.4 is 11.5 Å². The van der Waals surface area contributed by atoms with Gasteiger partial charge in [0.1, 0.15) is 0 Å². The number of carbonyl (C=O) groups excluding carboxylic acids is 2. The summed E-state index contributed by atoms with van der Waals surface area (Å²) in [7, 11) is 0. The average Bonchev–Trinajstić information content (AvgIpc) is 2.27. The van der Waals surface area contributed by atoms with E-state index in [4.69, 9.17) is 20.9 Å². The minimum Gasteiger partial charge on any atom is -0.466 e. The van der Waals surface area contributed by atoms with Gasteiger partial charge in [0.15, 0.2) is 6.10 Å². The summed E-state index contributed by atoms with van der Waals surface area (Å²) in [5, 5.41) is 9.43. The number of rotatable bonds is 9. The molecule has 0 amide bonds. The van der Waals surface area contributed by atoms with E-state index in [1.54, 1.807) is 13.8 Å². The van der Waals surface area contributed by atoms with Crippen molar-refractivity contribution in [2.24, 2.45) is 11.5 Å². The van der Waals surface area contributed by atoms with Crippen molar-refractivity contribution < 1.29 is 24.2 Å². The molecule has 0 heterocycles. The summed E-state index contributed by atoms with van der Waals surface area (Å²) in [6, 6.07) is -0.158. The Kier molecular flexibility index (Phi) is 9.11. The minimum atomic E-state index is -1.50. The summed E-state index contributed by atoms with van der Waals surface area (Å²) < 4.78 is 9.57. The molecule has 0 bridgehead atoms. The molecule has 0 fully saturated rings. The molecule has 7 heteroatoms. The van der Waals surface area contributed by atoms with Gasteiger partial charge < -0.3 is 26.0 Å². The van der Waals surface area contributed by atoms with Crippen molar-refractivity contribution in [3.05, 3.63) is 0 Å². The van der Waals surface area contributed by atoms with E-state index < -0.39 is 24.5 Å². The number of aliphatic hydroxyl groups is 1. The van der Waals surface area contributed by atoms with Crippen molar-refractivity contribution in [2.75, 3.05) is 13.2 Å². The summed E-state index contributed by atoms with van der Waals surface area (Å²) in [6.45, 7) is 3.86. The van der Waals surface area contributed by atoms with E-state index >= 15 is 0 Å². The van der Waals surface area contributed by atoms with Gasteiger partial charge in [-0.05, 0) is 26.7 Å². The molecule has 112 valence electrons. The fraction of sp³-hybridized carbons (Fsp3) is 0.833. The van der Waals surface area contributed by atoms with Crippen LogP contribution in [0.15, 0.2) is 0 Å². The van der Waals surface area contributed by atoms with E-state index in [1.165, 1.54) is 0 Å². The average molecular weight is 276 g/mol. The van der Waals surface area contributed by atoms with Crippen LogP contribution >= 0.6 is 0 Å². The van der Waals surface area contributed by atoms with E-state index in [0.717, 1.165) is 0 Å². The second kappa shape index (κ2) is 9.71. The number of aliphatic hydroxyl groups excluding tert-OH is 1. The monoisotopic (exact) mass is 276 g/mol. The Morgan fingerprint density at radius 3 is 2.00 bits per heavy atom. The van der Waals surface area contributed by atoms with Crippen LogP contribution in [-0.2, 0) is 19.1 Å². The smallest absolute Gasteiger partial charge is 0.335 e. The second-order valence-corrected chi connectivity index (χ2v) is 4.64. The molecule has 0 aromatic heterocycles. The van der Waals surface area contributed by atoms with Crippen LogP contribution in [-0.4, -0.2) is 48.4 Å². The zero-order valence-corrected chi connectivity index (χ0v) is 11.5. The Bertz CT molecular complexity index is 281. The molecule has 3 atom stereocenters. The molecule has 0 aromatic carbocycles. The molecule has 7 nitrogen and oxygen atoms in total. The van der Waals surface area contributed by atoms with Crippen LogP contribution in [0.2, 0.25) is 0 Å². The maximum Gasteiger partial charge on any atom is 0.335 e. The third-order valence-corrected chi connectivity index (χ3v) is 2.29. The minimum absolute atomic E-state index is 0.0686. The number of hydrogen-bond donors (Lipinski definition) is 3. The second-order valence-electron chi connectivity index (χ2n) is 4.64. The molecule has 0 radical (unpaired) electrons. The van der Waals surface area contributed by atoms with Gasteiger partial charge in [-0.25, -0.2) is 4.79 Å². The fourth-order valence-electron chi connectivity index (χ4n) is 1.10. The van der Waals surface area contributed by atoms with Crippen LogP contribution in [0.25, 0.3) is 0 Å². The van der Waals surface area contributed by atoms with Gasteiger partial charge in [0, 0.05) is 12.1 Å². The maximum atomic E-state index is 11.3. The number of esters is 2. The molecule has 0 aliphatic rings. The molecule has 0 rings (SSSR count). The van der Waals surface area contributed by atoms with Gasteiger partial charge in [-0.3, -0.25) is 4.79 Å². The third kappa shape index (κ3) is 10.4. The lowest BCUT2D eigenvalue weighted by Gasteiger charge is -2.12. The van der Waals surface area contributed by atoms with Crippen molar-refractivity contribution in [1.29, 1.82) is 0 Å². The topological polar surface area (TPSA) is 125 Å². The quantitative estimate of drug-likeness (QED) is 0.475. The molecular formula is C12H24N2O5. The lowest BCUT2D eigenvalue weighted by molar-refractivity contribution is -0.160. The van der Waals surface area contributed by atoms with Gasteiger partial charge in [-0.2, -0.15) is 0 Å². The van der Waals surface area contributed by atoms with E-state index in [2.05, 4.69) is 0 Å².